The first-order valence-electron chi connectivity index (χ1n) is 6.19. The van der Waals surface area contributed by atoms with Crippen molar-refractivity contribution in [2.75, 3.05) is 5.75 Å². The summed E-state index contributed by atoms with van der Waals surface area (Å²) >= 11 is 1.51. The Hall–Kier alpha value is -1.46. The van der Waals surface area contributed by atoms with Crippen LogP contribution in [0.3, 0.4) is 0 Å². The monoisotopic (exact) mass is 278 g/mol. The smallest absolute Gasteiger partial charge is 0.255 e. The summed E-state index contributed by atoms with van der Waals surface area (Å²) in [6, 6.07) is 7.84. The Bertz CT molecular complexity index is 483. The van der Waals surface area contributed by atoms with Gasteiger partial charge in [0.05, 0.1) is 12.3 Å². The van der Waals surface area contributed by atoms with Crippen molar-refractivity contribution in [3.05, 3.63) is 42.3 Å². The van der Waals surface area contributed by atoms with Crippen LogP contribution in [0.5, 0.6) is 5.75 Å². The molecule has 0 spiro atoms. The number of nitrogens with zero attached hydrogens (tertiary/aromatic N) is 1. The van der Waals surface area contributed by atoms with Gasteiger partial charge in [0.1, 0.15) is 12.0 Å². The maximum Gasteiger partial charge on any atom is 0.255 e. The van der Waals surface area contributed by atoms with Crippen molar-refractivity contribution in [2.45, 2.75) is 31.2 Å². The average molecular weight is 278 g/mol. The Morgan fingerprint density at radius 2 is 2.05 bits per heavy atom. The molecule has 0 saturated carbocycles. The number of oxazole rings is 1. The highest BCUT2D eigenvalue weighted by Gasteiger charge is 2.09. The van der Waals surface area contributed by atoms with Crippen molar-refractivity contribution in [3.8, 4) is 5.75 Å². The Morgan fingerprint density at radius 1 is 1.32 bits per heavy atom. The van der Waals surface area contributed by atoms with Gasteiger partial charge in [0.25, 0.3) is 5.22 Å². The van der Waals surface area contributed by atoms with Crippen LogP contribution in [0.2, 0.25) is 0 Å². The molecule has 1 heterocycles. The second-order valence-corrected chi connectivity index (χ2v) is 5.42. The molecule has 0 amide bonds. The van der Waals surface area contributed by atoms with Crippen LogP contribution in [0.25, 0.3) is 0 Å². The summed E-state index contributed by atoms with van der Waals surface area (Å²) in [6.45, 7) is 4.01. The van der Waals surface area contributed by atoms with Crippen molar-refractivity contribution in [1.29, 1.82) is 0 Å². The van der Waals surface area contributed by atoms with Gasteiger partial charge in [-0.2, -0.15) is 0 Å². The number of hydrogen-bond donors (Lipinski definition) is 1. The van der Waals surface area contributed by atoms with Gasteiger partial charge in [0, 0.05) is 11.8 Å². The van der Waals surface area contributed by atoms with Crippen LogP contribution < -0.4 is 10.5 Å². The summed E-state index contributed by atoms with van der Waals surface area (Å²) in [6.07, 6.45) is 3.37. The molecule has 5 heteroatoms. The first-order chi connectivity index (χ1) is 9.15. The molecule has 0 fully saturated rings. The van der Waals surface area contributed by atoms with E-state index in [0.29, 0.717) is 5.22 Å². The molecule has 2 N–H and O–H groups in total. The lowest BCUT2D eigenvalue weighted by Crippen LogP contribution is -2.13. The summed E-state index contributed by atoms with van der Waals surface area (Å²) in [4.78, 5) is 4.05. The molecule has 0 aliphatic rings. The Kier molecular flexibility index (Phi) is 4.87. The maximum absolute atomic E-state index is 6.13. The quantitative estimate of drug-likeness (QED) is 0.822. The minimum Gasteiger partial charge on any atom is -0.491 e. The lowest BCUT2D eigenvalue weighted by molar-refractivity contribution is 0.242. The predicted molar refractivity (Wildman–Crippen MR) is 76.4 cm³/mol. The van der Waals surface area contributed by atoms with Crippen LogP contribution in [0.1, 0.15) is 25.5 Å². The minimum atomic E-state index is -0.0509. The number of nitrogens with two attached hydrogens (primary N) is 1. The van der Waals surface area contributed by atoms with Crippen LogP contribution in [0.15, 0.2) is 46.4 Å². The van der Waals surface area contributed by atoms with Crippen molar-refractivity contribution in [2.24, 2.45) is 5.73 Å². The molecular formula is C14H18N2O2S. The summed E-state index contributed by atoms with van der Waals surface area (Å²) in [5.74, 6) is 1.59. The first-order valence-corrected chi connectivity index (χ1v) is 7.18. The third-order valence-corrected chi connectivity index (χ3v) is 3.45. The van der Waals surface area contributed by atoms with Gasteiger partial charge in [0.2, 0.25) is 0 Å². The van der Waals surface area contributed by atoms with E-state index in [1.807, 2.05) is 38.1 Å². The van der Waals surface area contributed by atoms with E-state index >= 15 is 0 Å². The zero-order chi connectivity index (χ0) is 13.7. The second-order valence-electron chi connectivity index (χ2n) is 4.45. The first kappa shape index (κ1) is 14.0. The minimum absolute atomic E-state index is 0.0509. The van der Waals surface area contributed by atoms with E-state index in [1.54, 1.807) is 12.5 Å². The molecule has 2 aromatic rings. The molecule has 2 rings (SSSR count). The van der Waals surface area contributed by atoms with Crippen LogP contribution in [0, 0.1) is 0 Å². The van der Waals surface area contributed by atoms with Gasteiger partial charge in [-0.1, -0.05) is 23.9 Å². The molecule has 19 heavy (non-hydrogen) atoms. The summed E-state index contributed by atoms with van der Waals surface area (Å²) in [5, 5.41) is 0.648. The fourth-order valence-electron chi connectivity index (χ4n) is 1.60. The van der Waals surface area contributed by atoms with E-state index < -0.39 is 0 Å². The van der Waals surface area contributed by atoms with Gasteiger partial charge >= 0.3 is 0 Å². The van der Waals surface area contributed by atoms with Gasteiger partial charge in [-0.15, -0.1) is 0 Å². The van der Waals surface area contributed by atoms with Crippen molar-refractivity contribution >= 4 is 11.8 Å². The van der Waals surface area contributed by atoms with Crippen molar-refractivity contribution < 1.29 is 9.15 Å². The molecule has 4 nitrogen and oxygen atoms in total. The molecule has 0 saturated heterocycles. The second kappa shape index (κ2) is 6.63. The largest absolute Gasteiger partial charge is 0.491 e. The predicted octanol–water partition coefficient (Wildman–Crippen LogP) is 3.25. The van der Waals surface area contributed by atoms with Gasteiger partial charge in [0.15, 0.2) is 0 Å². The standard InChI is InChI=1S/C14H18N2O2S/c1-10(2)18-12-5-3-11(4-6-12)13(15)9-19-14-16-7-8-17-14/h3-8,10,13H,9,15H2,1-2H3. The van der Waals surface area contributed by atoms with Crippen LogP contribution in [-0.4, -0.2) is 16.8 Å². The molecular weight excluding hydrogens is 260 g/mol. The molecule has 0 aliphatic heterocycles. The number of hydrogen-bond acceptors (Lipinski definition) is 5. The van der Waals surface area contributed by atoms with E-state index in [2.05, 4.69) is 4.98 Å². The third kappa shape index (κ3) is 4.29. The zero-order valence-corrected chi connectivity index (χ0v) is 11.9. The van der Waals surface area contributed by atoms with Crippen molar-refractivity contribution in [3.63, 3.8) is 0 Å². The maximum atomic E-state index is 6.13. The van der Waals surface area contributed by atoms with Crippen LogP contribution >= 0.6 is 11.8 Å². The highest BCUT2D eigenvalue weighted by Crippen LogP contribution is 2.23. The summed E-state index contributed by atoms with van der Waals surface area (Å²) < 4.78 is 10.8. The van der Waals surface area contributed by atoms with Crippen LogP contribution in [-0.2, 0) is 0 Å². The topological polar surface area (TPSA) is 61.3 Å². The number of rotatable bonds is 6. The van der Waals surface area contributed by atoms with Gasteiger partial charge in [-0.05, 0) is 31.5 Å². The Balaban J connectivity index is 1.90. The number of thioether (sulfide) groups is 1. The van der Waals surface area contributed by atoms with Gasteiger partial charge < -0.3 is 14.9 Å². The highest BCUT2D eigenvalue weighted by molar-refractivity contribution is 7.99. The fourth-order valence-corrected chi connectivity index (χ4v) is 2.38. The molecule has 0 radical (unpaired) electrons. The number of aromatic nitrogens is 1. The van der Waals surface area contributed by atoms with E-state index in [0.717, 1.165) is 17.1 Å². The lowest BCUT2D eigenvalue weighted by Gasteiger charge is -2.13. The number of benzene rings is 1. The molecule has 102 valence electrons. The highest BCUT2D eigenvalue weighted by atomic mass is 32.2. The fraction of sp³-hybridized carbons (Fsp3) is 0.357. The molecule has 1 aromatic heterocycles. The zero-order valence-electron chi connectivity index (χ0n) is 11.1. The molecule has 1 atom stereocenters. The summed E-state index contributed by atoms with van der Waals surface area (Å²) in [7, 11) is 0. The van der Waals surface area contributed by atoms with E-state index in [9.17, 15) is 0 Å². The van der Waals surface area contributed by atoms with Crippen molar-refractivity contribution in [1.82, 2.24) is 4.98 Å². The van der Waals surface area contributed by atoms with Crippen LogP contribution in [0.4, 0.5) is 0 Å². The van der Waals surface area contributed by atoms with E-state index in [4.69, 9.17) is 14.9 Å². The third-order valence-electron chi connectivity index (χ3n) is 2.48. The average Bonchev–Trinajstić information content (AvgIpc) is 2.89. The molecule has 0 aliphatic carbocycles. The Labute approximate surface area is 117 Å². The normalized spacial score (nSPS) is 12.6. The molecule has 1 aromatic carbocycles. The molecule has 0 bridgehead atoms. The lowest BCUT2D eigenvalue weighted by atomic mass is 10.1. The summed E-state index contributed by atoms with van der Waals surface area (Å²) in [5.41, 5.74) is 7.21. The van der Waals surface area contributed by atoms with E-state index in [-0.39, 0.29) is 12.1 Å². The van der Waals surface area contributed by atoms with E-state index in [1.165, 1.54) is 11.8 Å². The van der Waals surface area contributed by atoms with Gasteiger partial charge in [-0.25, -0.2) is 4.98 Å². The molecule has 1 unspecified atom stereocenters. The SMILES string of the molecule is CC(C)Oc1ccc(C(N)CSc2ncco2)cc1. The number of ether oxygens (including phenoxy) is 1. The Morgan fingerprint density at radius 3 is 2.63 bits per heavy atom. The van der Waals surface area contributed by atoms with Gasteiger partial charge in [-0.3, -0.25) is 0 Å².